The van der Waals surface area contributed by atoms with Gasteiger partial charge >= 0.3 is 0 Å². The van der Waals surface area contributed by atoms with E-state index in [1.165, 1.54) is 11.1 Å². The predicted octanol–water partition coefficient (Wildman–Crippen LogP) is 3.54. The Kier molecular flexibility index (Phi) is 4.55. The van der Waals surface area contributed by atoms with Crippen LogP contribution in [0.1, 0.15) is 47.1 Å². The van der Waals surface area contributed by atoms with Crippen LogP contribution in [0.4, 0.5) is 0 Å². The van der Waals surface area contributed by atoms with Gasteiger partial charge in [-0.05, 0) is 37.3 Å². The molecule has 0 saturated heterocycles. The highest BCUT2D eigenvalue weighted by atomic mass is 16.5. The van der Waals surface area contributed by atoms with Crippen LogP contribution in [0.2, 0.25) is 0 Å². The van der Waals surface area contributed by atoms with Gasteiger partial charge in [0.2, 0.25) is 5.89 Å². The van der Waals surface area contributed by atoms with Crippen molar-refractivity contribution in [3.8, 4) is 0 Å². The van der Waals surface area contributed by atoms with E-state index in [9.17, 15) is 0 Å². The van der Waals surface area contributed by atoms with E-state index in [-0.39, 0.29) is 0 Å². The van der Waals surface area contributed by atoms with Gasteiger partial charge in [0.25, 0.3) is 0 Å². The molecule has 3 rings (SSSR count). The van der Waals surface area contributed by atoms with Crippen LogP contribution in [0.25, 0.3) is 0 Å². The van der Waals surface area contributed by atoms with Gasteiger partial charge in [0.1, 0.15) is 0 Å². The first-order chi connectivity index (χ1) is 11.1. The van der Waals surface area contributed by atoms with Gasteiger partial charge in [-0.3, -0.25) is 5.10 Å². The topological polar surface area (TPSA) is 67.6 Å². The maximum absolute atomic E-state index is 5.41. The number of hydrogen-bond donors (Lipinski definition) is 1. The summed E-state index contributed by atoms with van der Waals surface area (Å²) in [5, 5.41) is 11.4. The van der Waals surface area contributed by atoms with E-state index in [4.69, 9.17) is 4.52 Å². The summed E-state index contributed by atoms with van der Waals surface area (Å²) in [6.07, 6.45) is 2.46. The third kappa shape index (κ3) is 3.67. The van der Waals surface area contributed by atoms with Crippen molar-refractivity contribution in [3.05, 3.63) is 64.6 Å². The fourth-order valence-corrected chi connectivity index (χ4v) is 3.03. The molecule has 0 fully saturated rings. The normalized spacial score (nSPS) is 12.5. The predicted molar refractivity (Wildman–Crippen MR) is 88.3 cm³/mol. The molecule has 2 aromatic heterocycles. The Morgan fingerprint density at radius 1 is 1.13 bits per heavy atom. The summed E-state index contributed by atoms with van der Waals surface area (Å²) in [6, 6.07) is 10.4. The lowest BCUT2D eigenvalue weighted by molar-refractivity contribution is 0.366. The smallest absolute Gasteiger partial charge is 0.227 e. The van der Waals surface area contributed by atoms with Crippen molar-refractivity contribution in [2.24, 2.45) is 0 Å². The minimum atomic E-state index is 0.302. The maximum atomic E-state index is 5.41. The lowest BCUT2D eigenvalue weighted by Gasteiger charge is -2.08. The molecule has 0 amide bonds. The first kappa shape index (κ1) is 15.5. The minimum Gasteiger partial charge on any atom is -0.339 e. The molecule has 3 aromatic rings. The van der Waals surface area contributed by atoms with E-state index < -0.39 is 0 Å². The van der Waals surface area contributed by atoms with E-state index in [0.717, 1.165) is 36.5 Å². The summed E-state index contributed by atoms with van der Waals surface area (Å²) in [5.41, 5.74) is 4.68. The second kappa shape index (κ2) is 6.77. The molecule has 2 heterocycles. The number of aryl methyl sites for hydroxylation is 4. The molecule has 120 valence electrons. The second-order valence-corrected chi connectivity index (χ2v) is 6.04. The number of aromatic nitrogens is 4. The van der Waals surface area contributed by atoms with Crippen LogP contribution >= 0.6 is 0 Å². The third-order valence-electron chi connectivity index (χ3n) is 4.15. The molecule has 1 aromatic carbocycles. The van der Waals surface area contributed by atoms with E-state index in [0.29, 0.717) is 11.8 Å². The molecule has 0 aliphatic heterocycles. The van der Waals surface area contributed by atoms with Crippen LogP contribution in [0, 0.1) is 13.8 Å². The van der Waals surface area contributed by atoms with Crippen molar-refractivity contribution < 1.29 is 4.52 Å². The van der Waals surface area contributed by atoms with Gasteiger partial charge in [-0.25, -0.2) is 0 Å². The largest absolute Gasteiger partial charge is 0.339 e. The zero-order valence-electron chi connectivity index (χ0n) is 13.8. The van der Waals surface area contributed by atoms with Gasteiger partial charge in [0.05, 0.1) is 5.69 Å². The Morgan fingerprint density at radius 2 is 1.91 bits per heavy atom. The Morgan fingerprint density at radius 3 is 2.61 bits per heavy atom. The number of H-pyrrole nitrogens is 1. The molecule has 0 aliphatic rings. The van der Waals surface area contributed by atoms with E-state index in [2.05, 4.69) is 39.4 Å². The van der Waals surface area contributed by atoms with Crippen molar-refractivity contribution in [2.75, 3.05) is 0 Å². The molecule has 1 atom stereocenters. The lowest BCUT2D eigenvalue weighted by Crippen LogP contribution is -2.02. The van der Waals surface area contributed by atoms with Gasteiger partial charge < -0.3 is 4.52 Å². The molecule has 0 radical (unpaired) electrons. The quantitative estimate of drug-likeness (QED) is 0.756. The Bertz CT molecular complexity index is 741. The van der Waals surface area contributed by atoms with Gasteiger partial charge in [0.15, 0.2) is 5.82 Å². The van der Waals surface area contributed by atoms with Crippen molar-refractivity contribution >= 4 is 0 Å². The highest BCUT2D eigenvalue weighted by molar-refractivity contribution is 5.27. The van der Waals surface area contributed by atoms with Crippen molar-refractivity contribution in [1.29, 1.82) is 0 Å². The first-order valence-corrected chi connectivity index (χ1v) is 8.00. The standard InChI is InChI=1S/C18H22N4O/c1-12(18-13(2)20-21-14(18)3)11-17-19-16(22-23-17)10-9-15-7-5-4-6-8-15/h4-8,12H,9-11H2,1-3H3,(H,20,21)/t12-/m0/s1. The molecule has 0 bridgehead atoms. The molecule has 5 heteroatoms. The van der Waals surface area contributed by atoms with Crippen LogP contribution < -0.4 is 0 Å². The molecule has 1 N–H and O–H groups in total. The van der Waals surface area contributed by atoms with Crippen LogP contribution in [0.5, 0.6) is 0 Å². The summed E-state index contributed by atoms with van der Waals surface area (Å²) < 4.78 is 5.41. The summed E-state index contributed by atoms with van der Waals surface area (Å²) in [7, 11) is 0. The summed E-state index contributed by atoms with van der Waals surface area (Å²) >= 11 is 0. The number of hydrogen-bond acceptors (Lipinski definition) is 4. The van der Waals surface area contributed by atoms with Crippen molar-refractivity contribution in [3.63, 3.8) is 0 Å². The van der Waals surface area contributed by atoms with E-state index in [1.807, 2.05) is 32.0 Å². The molecular formula is C18H22N4O. The summed E-state index contributed by atoms with van der Waals surface area (Å²) in [5.74, 6) is 1.77. The number of benzene rings is 1. The monoisotopic (exact) mass is 310 g/mol. The highest BCUT2D eigenvalue weighted by Crippen LogP contribution is 2.24. The average molecular weight is 310 g/mol. The van der Waals surface area contributed by atoms with Crippen LogP contribution in [-0.2, 0) is 19.3 Å². The minimum absolute atomic E-state index is 0.302. The van der Waals surface area contributed by atoms with Crippen LogP contribution in [0.3, 0.4) is 0 Å². The average Bonchev–Trinajstić information content (AvgIpc) is 3.13. The van der Waals surface area contributed by atoms with E-state index in [1.54, 1.807) is 0 Å². The molecule has 5 nitrogen and oxygen atoms in total. The molecule has 0 saturated carbocycles. The lowest BCUT2D eigenvalue weighted by atomic mass is 9.96. The SMILES string of the molecule is Cc1n[nH]c(C)c1[C@@H](C)Cc1nc(CCc2ccccc2)no1. The zero-order chi connectivity index (χ0) is 16.2. The second-order valence-electron chi connectivity index (χ2n) is 6.04. The summed E-state index contributed by atoms with van der Waals surface area (Å²) in [4.78, 5) is 4.53. The van der Waals surface area contributed by atoms with Gasteiger partial charge in [0, 0.05) is 18.5 Å². The van der Waals surface area contributed by atoms with Gasteiger partial charge in [-0.15, -0.1) is 0 Å². The number of nitrogens with one attached hydrogen (secondary N) is 1. The molecule has 0 unspecified atom stereocenters. The number of aromatic amines is 1. The Labute approximate surface area is 136 Å². The Hall–Kier alpha value is -2.43. The van der Waals surface area contributed by atoms with Crippen molar-refractivity contribution in [2.45, 2.75) is 46.0 Å². The third-order valence-corrected chi connectivity index (χ3v) is 4.15. The van der Waals surface area contributed by atoms with Gasteiger partial charge in [-0.1, -0.05) is 42.4 Å². The molecule has 23 heavy (non-hydrogen) atoms. The maximum Gasteiger partial charge on any atom is 0.227 e. The van der Waals surface area contributed by atoms with Crippen molar-refractivity contribution in [1.82, 2.24) is 20.3 Å². The Balaban J connectivity index is 1.61. The number of nitrogens with zero attached hydrogens (tertiary/aromatic N) is 3. The molecule has 0 aliphatic carbocycles. The fraction of sp³-hybridized carbons (Fsp3) is 0.389. The van der Waals surface area contributed by atoms with Gasteiger partial charge in [-0.2, -0.15) is 10.1 Å². The van der Waals surface area contributed by atoms with Crippen LogP contribution in [0.15, 0.2) is 34.9 Å². The first-order valence-electron chi connectivity index (χ1n) is 8.00. The van der Waals surface area contributed by atoms with E-state index >= 15 is 0 Å². The highest BCUT2D eigenvalue weighted by Gasteiger charge is 2.18. The fourth-order valence-electron chi connectivity index (χ4n) is 3.03. The number of rotatable bonds is 6. The zero-order valence-corrected chi connectivity index (χ0v) is 13.8. The molecule has 0 spiro atoms. The summed E-state index contributed by atoms with van der Waals surface area (Å²) in [6.45, 7) is 6.23. The molecular weight excluding hydrogens is 288 g/mol. The van der Waals surface area contributed by atoms with Crippen LogP contribution in [-0.4, -0.2) is 20.3 Å².